The molecular formula is C13H12BrFN2O2. The molecule has 1 aromatic carbocycles. The van der Waals surface area contributed by atoms with Gasteiger partial charge in [-0.3, -0.25) is 0 Å². The first-order valence-corrected chi connectivity index (χ1v) is 6.29. The third kappa shape index (κ3) is 3.15. The van der Waals surface area contributed by atoms with E-state index in [0.29, 0.717) is 17.1 Å². The van der Waals surface area contributed by atoms with Crippen LogP contribution in [0.15, 0.2) is 34.9 Å². The Hall–Kier alpha value is -1.37. The molecule has 0 bridgehead atoms. The molecule has 0 atom stereocenters. The quantitative estimate of drug-likeness (QED) is 0.808. The van der Waals surface area contributed by atoms with E-state index in [9.17, 15) is 4.39 Å². The molecule has 6 heteroatoms. The van der Waals surface area contributed by atoms with Crippen LogP contribution in [0.5, 0.6) is 0 Å². The molecule has 0 aliphatic carbocycles. The molecule has 0 aliphatic rings. The van der Waals surface area contributed by atoms with Crippen molar-refractivity contribution in [2.45, 2.75) is 6.29 Å². The fourth-order valence-corrected chi connectivity index (χ4v) is 2.06. The standard InChI is InChI=1S/C13H12BrFN2O2/c1-18-13(19-2)11-5-6-16-12(17-11)9-7-8(15)3-4-10(9)14/h3-7,13H,1-2H3. The molecule has 0 saturated carbocycles. The van der Waals surface area contributed by atoms with Crippen molar-refractivity contribution in [2.75, 3.05) is 14.2 Å². The number of hydrogen-bond donors (Lipinski definition) is 0. The fraction of sp³-hybridized carbons (Fsp3) is 0.231. The van der Waals surface area contributed by atoms with Crippen LogP contribution in [0, 0.1) is 5.82 Å². The van der Waals surface area contributed by atoms with Gasteiger partial charge >= 0.3 is 0 Å². The van der Waals surface area contributed by atoms with Crippen molar-refractivity contribution < 1.29 is 13.9 Å². The number of nitrogens with zero attached hydrogens (tertiary/aromatic N) is 2. The Balaban J connectivity index is 2.45. The molecule has 0 spiro atoms. The molecule has 1 heterocycles. The average Bonchev–Trinajstić information content (AvgIpc) is 2.43. The molecule has 0 N–H and O–H groups in total. The zero-order valence-electron chi connectivity index (χ0n) is 10.4. The summed E-state index contributed by atoms with van der Waals surface area (Å²) < 4.78 is 24.3. The van der Waals surface area contributed by atoms with E-state index in [4.69, 9.17) is 9.47 Å². The minimum Gasteiger partial charge on any atom is -0.350 e. The molecule has 0 aliphatic heterocycles. The van der Waals surface area contributed by atoms with Crippen LogP contribution in [0.25, 0.3) is 11.4 Å². The second kappa shape index (κ2) is 6.18. The van der Waals surface area contributed by atoms with Gasteiger partial charge in [0.05, 0.1) is 0 Å². The molecule has 2 aromatic rings. The van der Waals surface area contributed by atoms with Gasteiger partial charge in [0.2, 0.25) is 6.29 Å². The third-order valence-electron chi connectivity index (χ3n) is 2.52. The summed E-state index contributed by atoms with van der Waals surface area (Å²) in [7, 11) is 3.04. The maximum Gasteiger partial charge on any atom is 0.200 e. The zero-order chi connectivity index (χ0) is 13.8. The van der Waals surface area contributed by atoms with Crippen LogP contribution in [0.2, 0.25) is 0 Å². The van der Waals surface area contributed by atoms with Gasteiger partial charge in [-0.15, -0.1) is 0 Å². The van der Waals surface area contributed by atoms with E-state index in [2.05, 4.69) is 25.9 Å². The Morgan fingerprint density at radius 2 is 1.95 bits per heavy atom. The second-order valence-corrected chi connectivity index (χ2v) is 4.59. The molecule has 0 saturated heterocycles. The van der Waals surface area contributed by atoms with Gasteiger partial charge in [-0.1, -0.05) is 15.9 Å². The van der Waals surface area contributed by atoms with Gasteiger partial charge in [0, 0.05) is 30.5 Å². The van der Waals surface area contributed by atoms with E-state index < -0.39 is 6.29 Å². The zero-order valence-corrected chi connectivity index (χ0v) is 12.0. The average molecular weight is 327 g/mol. The molecule has 0 fully saturated rings. The first-order chi connectivity index (χ1) is 9.15. The van der Waals surface area contributed by atoms with Gasteiger partial charge in [-0.2, -0.15) is 0 Å². The Morgan fingerprint density at radius 3 is 2.63 bits per heavy atom. The maximum atomic E-state index is 13.3. The molecule has 19 heavy (non-hydrogen) atoms. The number of hydrogen-bond acceptors (Lipinski definition) is 4. The SMILES string of the molecule is COC(OC)c1ccnc(-c2cc(F)ccc2Br)n1. The van der Waals surface area contributed by atoms with Crippen molar-refractivity contribution in [3.8, 4) is 11.4 Å². The van der Waals surface area contributed by atoms with Crippen molar-refractivity contribution in [1.29, 1.82) is 0 Å². The van der Waals surface area contributed by atoms with Gasteiger partial charge in [-0.25, -0.2) is 14.4 Å². The summed E-state index contributed by atoms with van der Waals surface area (Å²) in [5.74, 6) is 0.0604. The third-order valence-corrected chi connectivity index (χ3v) is 3.21. The van der Waals surface area contributed by atoms with Gasteiger partial charge < -0.3 is 9.47 Å². The Labute approximate surface area is 118 Å². The van der Waals surface area contributed by atoms with Crippen LogP contribution in [0.3, 0.4) is 0 Å². The maximum absolute atomic E-state index is 13.3. The van der Waals surface area contributed by atoms with E-state index in [1.807, 2.05) is 0 Å². The van der Waals surface area contributed by atoms with Crippen molar-refractivity contribution >= 4 is 15.9 Å². The second-order valence-electron chi connectivity index (χ2n) is 3.73. The summed E-state index contributed by atoms with van der Waals surface area (Å²) in [4.78, 5) is 8.47. The lowest BCUT2D eigenvalue weighted by Gasteiger charge is -2.13. The van der Waals surface area contributed by atoms with E-state index >= 15 is 0 Å². The monoisotopic (exact) mass is 326 g/mol. The molecular weight excluding hydrogens is 315 g/mol. The smallest absolute Gasteiger partial charge is 0.200 e. The lowest BCUT2D eigenvalue weighted by atomic mass is 10.2. The van der Waals surface area contributed by atoms with E-state index in [-0.39, 0.29) is 5.82 Å². The van der Waals surface area contributed by atoms with Crippen LogP contribution in [0.4, 0.5) is 4.39 Å². The lowest BCUT2D eigenvalue weighted by Crippen LogP contribution is -2.07. The minimum absolute atomic E-state index is 0.345. The van der Waals surface area contributed by atoms with Crippen molar-refractivity contribution in [3.63, 3.8) is 0 Å². The summed E-state index contributed by atoms with van der Waals surface area (Å²) in [6, 6.07) is 6.04. The number of methoxy groups -OCH3 is 2. The van der Waals surface area contributed by atoms with Crippen molar-refractivity contribution in [1.82, 2.24) is 9.97 Å². The van der Waals surface area contributed by atoms with Crippen LogP contribution >= 0.6 is 15.9 Å². The number of benzene rings is 1. The Bertz CT molecular complexity index is 576. The highest BCUT2D eigenvalue weighted by molar-refractivity contribution is 9.10. The van der Waals surface area contributed by atoms with Crippen LogP contribution in [-0.4, -0.2) is 24.2 Å². The molecule has 2 rings (SSSR count). The summed E-state index contributed by atoms with van der Waals surface area (Å²) in [5.41, 5.74) is 1.15. The summed E-state index contributed by atoms with van der Waals surface area (Å²) in [6.07, 6.45) is 1.01. The number of halogens is 2. The van der Waals surface area contributed by atoms with E-state index in [1.165, 1.54) is 26.4 Å². The highest BCUT2D eigenvalue weighted by Gasteiger charge is 2.14. The predicted molar refractivity (Wildman–Crippen MR) is 71.9 cm³/mol. The lowest BCUT2D eigenvalue weighted by molar-refractivity contribution is -0.108. The van der Waals surface area contributed by atoms with Crippen LogP contribution < -0.4 is 0 Å². The van der Waals surface area contributed by atoms with Gasteiger partial charge in [-0.05, 0) is 24.3 Å². The van der Waals surface area contributed by atoms with Crippen molar-refractivity contribution in [3.05, 3.63) is 46.4 Å². The topological polar surface area (TPSA) is 44.2 Å². The number of aromatic nitrogens is 2. The van der Waals surface area contributed by atoms with Gasteiger partial charge in [0.1, 0.15) is 11.5 Å². The first-order valence-electron chi connectivity index (χ1n) is 5.49. The normalized spacial score (nSPS) is 11.0. The first kappa shape index (κ1) is 14.0. The largest absolute Gasteiger partial charge is 0.350 e. The predicted octanol–water partition coefficient (Wildman–Crippen LogP) is 3.34. The van der Waals surface area contributed by atoms with Crippen molar-refractivity contribution in [2.24, 2.45) is 0 Å². The highest BCUT2D eigenvalue weighted by atomic mass is 79.9. The van der Waals surface area contributed by atoms with Gasteiger partial charge in [0.25, 0.3) is 0 Å². The summed E-state index contributed by atoms with van der Waals surface area (Å²) in [6.45, 7) is 0. The molecule has 0 radical (unpaired) electrons. The Kier molecular flexibility index (Phi) is 4.57. The van der Waals surface area contributed by atoms with E-state index in [1.54, 1.807) is 18.3 Å². The Morgan fingerprint density at radius 1 is 1.21 bits per heavy atom. The molecule has 0 unspecified atom stereocenters. The fourth-order valence-electron chi connectivity index (χ4n) is 1.64. The van der Waals surface area contributed by atoms with E-state index in [0.717, 1.165) is 4.47 Å². The molecule has 100 valence electrons. The highest BCUT2D eigenvalue weighted by Crippen LogP contribution is 2.27. The molecule has 0 amide bonds. The molecule has 4 nitrogen and oxygen atoms in total. The number of ether oxygens (including phenoxy) is 2. The molecule has 1 aromatic heterocycles. The van der Waals surface area contributed by atoms with Crippen LogP contribution in [0.1, 0.15) is 12.0 Å². The van der Waals surface area contributed by atoms with Crippen LogP contribution in [-0.2, 0) is 9.47 Å². The van der Waals surface area contributed by atoms with Gasteiger partial charge in [0.15, 0.2) is 5.82 Å². The summed E-state index contributed by atoms with van der Waals surface area (Å²) >= 11 is 3.35. The number of rotatable bonds is 4. The minimum atomic E-state index is -0.575. The summed E-state index contributed by atoms with van der Waals surface area (Å²) in [5, 5.41) is 0.